The van der Waals surface area contributed by atoms with Gasteiger partial charge < -0.3 is 38.3 Å². The van der Waals surface area contributed by atoms with Crippen LogP contribution in [0.4, 0.5) is 26.3 Å². The van der Waals surface area contributed by atoms with Crippen molar-refractivity contribution in [2.75, 3.05) is 13.2 Å². The van der Waals surface area contributed by atoms with Crippen molar-refractivity contribution in [2.45, 2.75) is 139 Å². The Morgan fingerprint density at radius 2 is 1.02 bits per heavy atom. The minimum atomic E-state index is -5.75. The van der Waals surface area contributed by atoms with Gasteiger partial charge in [0, 0.05) is 25.0 Å². The topological polar surface area (TPSA) is 186 Å². The molecule has 8 atom stereocenters. The molecule has 12 nitrogen and oxygen atoms in total. The first kappa shape index (κ1) is 49.8. The quantitative estimate of drug-likeness (QED) is 0.0327. The summed E-state index contributed by atoms with van der Waals surface area (Å²) in [4.78, 5) is 0. The fraction of sp³-hybridized carbons (Fsp3) is 0.765. The van der Waals surface area contributed by atoms with Crippen LogP contribution in [0.1, 0.15) is 90.9 Å². The highest BCUT2D eigenvalue weighted by Gasteiger charge is 2.50. The molecule has 0 aliphatic carbocycles. The van der Waals surface area contributed by atoms with Gasteiger partial charge in [-0.15, -0.1) is 0 Å². The van der Waals surface area contributed by atoms with E-state index in [-0.39, 0.29) is 50.5 Å². The number of allylic oxidation sites excluding steroid dienone is 2. The number of halogens is 6. The number of hydrogen-bond acceptors (Lipinski definition) is 12. The number of aliphatic hydroxyl groups excluding tert-OH is 4. The Labute approximate surface area is 313 Å². The van der Waals surface area contributed by atoms with E-state index in [1.807, 2.05) is 0 Å². The van der Waals surface area contributed by atoms with Gasteiger partial charge in [-0.1, -0.05) is 40.2 Å². The highest BCUT2D eigenvalue weighted by Crippen LogP contribution is 2.34. The average molecular weight is 833 g/mol. The molecule has 2 fully saturated rings. The highest BCUT2D eigenvalue weighted by molar-refractivity contribution is 7.88. The maximum absolute atomic E-state index is 12.3. The molecular weight excluding hydrogens is 778 g/mol. The van der Waals surface area contributed by atoms with Crippen LogP contribution in [0.3, 0.4) is 0 Å². The van der Waals surface area contributed by atoms with Crippen LogP contribution < -0.4 is 0 Å². The van der Waals surface area contributed by atoms with E-state index >= 15 is 0 Å². The molecule has 316 valence electrons. The van der Waals surface area contributed by atoms with Gasteiger partial charge >= 0.3 is 31.3 Å². The molecule has 0 aromatic rings. The van der Waals surface area contributed by atoms with E-state index in [9.17, 15) is 53.4 Å². The summed E-state index contributed by atoms with van der Waals surface area (Å²) in [5.41, 5.74) is -9.24. The number of rotatable bonds is 22. The summed E-state index contributed by atoms with van der Waals surface area (Å²) < 4.78 is 137. The van der Waals surface area contributed by atoms with Crippen molar-refractivity contribution in [1.29, 1.82) is 0 Å². The first-order chi connectivity index (χ1) is 24.7. The molecule has 3 unspecified atom stereocenters. The first-order valence-electron chi connectivity index (χ1n) is 17.4. The van der Waals surface area contributed by atoms with Gasteiger partial charge in [0.1, 0.15) is 11.5 Å². The highest BCUT2D eigenvalue weighted by atomic mass is 32.2. The zero-order chi connectivity index (χ0) is 41.7. The van der Waals surface area contributed by atoms with Gasteiger partial charge in [0.15, 0.2) is 0 Å². The second-order valence-corrected chi connectivity index (χ2v) is 16.7. The van der Waals surface area contributed by atoms with Crippen LogP contribution in [0.15, 0.2) is 49.0 Å². The van der Waals surface area contributed by atoms with Crippen LogP contribution in [0, 0.1) is 11.8 Å². The zero-order valence-corrected chi connectivity index (χ0v) is 32.1. The molecule has 0 spiro atoms. The van der Waals surface area contributed by atoms with Crippen LogP contribution in [0.2, 0.25) is 0 Å². The Kier molecular flexibility index (Phi) is 20.2. The van der Waals surface area contributed by atoms with Crippen molar-refractivity contribution < 1.29 is 81.4 Å². The maximum atomic E-state index is 12.3. The van der Waals surface area contributed by atoms with Crippen molar-refractivity contribution >= 4 is 20.2 Å². The van der Waals surface area contributed by atoms with Gasteiger partial charge in [-0.2, -0.15) is 43.2 Å². The lowest BCUT2D eigenvalue weighted by Gasteiger charge is -2.20. The molecule has 0 saturated carbocycles. The second kappa shape index (κ2) is 21.9. The third kappa shape index (κ3) is 16.9. The molecule has 4 N–H and O–H groups in total. The van der Waals surface area contributed by atoms with Crippen LogP contribution >= 0.6 is 0 Å². The van der Waals surface area contributed by atoms with Gasteiger partial charge in [-0.05, 0) is 88.2 Å². The predicted molar refractivity (Wildman–Crippen MR) is 186 cm³/mol. The van der Waals surface area contributed by atoms with E-state index in [1.165, 1.54) is 13.8 Å². The molecule has 0 bridgehead atoms. The molecule has 2 aliphatic heterocycles. The summed E-state index contributed by atoms with van der Waals surface area (Å²) in [5, 5.41) is 37.9. The molecule has 0 aromatic heterocycles. The smallest absolute Gasteiger partial charge is 0.396 e. The normalized spacial score (nSPS) is 23.3. The van der Waals surface area contributed by atoms with E-state index in [2.05, 4.69) is 34.7 Å². The molecule has 2 saturated heterocycles. The molecule has 20 heteroatoms. The van der Waals surface area contributed by atoms with E-state index in [0.717, 1.165) is 24.0 Å². The van der Waals surface area contributed by atoms with Crippen LogP contribution in [0.5, 0.6) is 0 Å². The minimum absolute atomic E-state index is 0.000647. The van der Waals surface area contributed by atoms with Crippen LogP contribution in [-0.2, 0) is 38.1 Å². The van der Waals surface area contributed by atoms with E-state index < -0.39 is 66.8 Å². The Morgan fingerprint density at radius 1 is 0.704 bits per heavy atom. The fourth-order valence-electron chi connectivity index (χ4n) is 5.67. The van der Waals surface area contributed by atoms with E-state index in [1.54, 1.807) is 0 Å². The lowest BCUT2D eigenvalue weighted by atomic mass is 9.96. The van der Waals surface area contributed by atoms with Gasteiger partial charge in [0.2, 0.25) is 0 Å². The molecule has 54 heavy (non-hydrogen) atoms. The number of hydrogen-bond donors (Lipinski definition) is 4. The SMILES string of the molecule is C=C(OS(=O)(=O)C(F)(F)F)C(C)C[C@H](O)CCC1O[C@@H](CCCO)CC1=C.C=C1C[C@H](CCCO)OC1CC[C@@H](O)C[C@@H](C)C(=C)OS(=O)(=O)C(F)(F)F. The molecule has 0 aromatic carbocycles. The monoisotopic (exact) mass is 832 g/mol. The minimum Gasteiger partial charge on any atom is -0.396 e. The summed E-state index contributed by atoms with van der Waals surface area (Å²) in [6, 6.07) is 0. The Balaban J connectivity index is 0.000000540. The van der Waals surface area contributed by atoms with E-state index in [0.29, 0.717) is 51.4 Å². The Bertz CT molecular complexity index is 1340. The molecule has 2 aliphatic rings. The number of alkyl halides is 6. The maximum Gasteiger partial charge on any atom is 0.534 e. The van der Waals surface area contributed by atoms with Crippen LogP contribution in [0.25, 0.3) is 0 Å². The summed E-state index contributed by atoms with van der Waals surface area (Å²) >= 11 is 0. The number of aliphatic hydroxyl groups is 4. The summed E-state index contributed by atoms with van der Waals surface area (Å²) in [6.45, 7) is 17.4. The third-order valence-corrected chi connectivity index (χ3v) is 10.8. The molecule has 2 heterocycles. The third-order valence-electron chi connectivity index (χ3n) is 8.85. The zero-order valence-electron chi connectivity index (χ0n) is 30.5. The van der Waals surface area contributed by atoms with Gasteiger partial charge in [-0.3, -0.25) is 0 Å². The van der Waals surface area contributed by atoms with Crippen molar-refractivity contribution in [1.82, 2.24) is 0 Å². The summed E-state index contributed by atoms with van der Waals surface area (Å²) in [6.07, 6.45) is 3.43. The number of ether oxygens (including phenoxy) is 2. The lowest BCUT2D eigenvalue weighted by molar-refractivity contribution is -0.0532. The van der Waals surface area contributed by atoms with E-state index in [4.69, 9.17) is 19.7 Å². The van der Waals surface area contributed by atoms with Crippen molar-refractivity contribution in [3.8, 4) is 0 Å². The molecule has 0 radical (unpaired) electrons. The second-order valence-electron chi connectivity index (χ2n) is 13.6. The van der Waals surface area contributed by atoms with Gasteiger partial charge in [0.05, 0.1) is 36.6 Å². The predicted octanol–water partition coefficient (Wildman–Crippen LogP) is 6.04. The largest absolute Gasteiger partial charge is 0.534 e. The van der Waals surface area contributed by atoms with Gasteiger partial charge in [-0.25, -0.2) is 0 Å². The van der Waals surface area contributed by atoms with Gasteiger partial charge in [0.25, 0.3) is 0 Å². The molecule has 2 rings (SSSR count). The van der Waals surface area contributed by atoms with Crippen molar-refractivity contribution in [2.24, 2.45) is 11.8 Å². The fourth-order valence-corrected chi connectivity index (χ4v) is 6.75. The average Bonchev–Trinajstić information content (AvgIpc) is 3.59. The van der Waals surface area contributed by atoms with Crippen molar-refractivity contribution in [3.05, 3.63) is 49.0 Å². The first-order valence-corrected chi connectivity index (χ1v) is 20.2. The summed E-state index contributed by atoms with van der Waals surface area (Å²) in [5.74, 6) is -2.72. The van der Waals surface area contributed by atoms with Crippen molar-refractivity contribution in [3.63, 3.8) is 0 Å². The Hall–Kier alpha value is -2.20. The summed E-state index contributed by atoms with van der Waals surface area (Å²) in [7, 11) is -11.5. The Morgan fingerprint density at radius 3 is 1.30 bits per heavy atom. The standard InChI is InChI=1S/2C17H27F3O6S/c2*1-11(13(3)26-27(23,24)17(18,19)20)9-14(22)6-7-16-12(2)10-15(25-16)5-4-8-21/h2*11,14-16,21-22H,2-10H2,1H3/t11?,14-,15+,16?;11-,14-,15+,16?/m11/s1. The van der Waals surface area contributed by atoms with Crippen LogP contribution in [-0.4, -0.2) is 98.1 Å². The lowest BCUT2D eigenvalue weighted by Crippen LogP contribution is -2.27. The molecular formula is C34H54F6O12S2. The molecule has 0 amide bonds.